The highest BCUT2D eigenvalue weighted by molar-refractivity contribution is 5.92. The van der Waals surface area contributed by atoms with E-state index in [1.54, 1.807) is 30.5 Å². The van der Waals surface area contributed by atoms with Crippen molar-refractivity contribution < 1.29 is 9.72 Å². The molecule has 1 aliphatic heterocycles. The molecule has 1 aromatic carbocycles. The first-order chi connectivity index (χ1) is 11.1. The Morgan fingerprint density at radius 3 is 2.78 bits per heavy atom. The molecule has 0 radical (unpaired) electrons. The molecule has 2 heterocycles. The SMILES string of the molecule is O=C(NC1CCNCC1)c1ccn(-c2ccccc2[N+](=O)[O-])n1. The molecule has 8 nitrogen and oxygen atoms in total. The maximum atomic E-state index is 12.2. The standard InChI is InChI=1S/C15H17N5O3/c21-15(17-11-5-8-16-9-6-11)12-7-10-19(18-12)13-3-1-2-4-14(13)20(22)23/h1-4,7,10-11,16H,5-6,8-9H2,(H,17,21). The lowest BCUT2D eigenvalue weighted by Gasteiger charge is -2.23. The Bertz CT molecular complexity index is 721. The number of nitrogens with one attached hydrogen (secondary N) is 2. The highest BCUT2D eigenvalue weighted by atomic mass is 16.6. The molecule has 2 aromatic rings. The van der Waals surface area contributed by atoms with Crippen LogP contribution < -0.4 is 10.6 Å². The molecule has 0 bridgehead atoms. The van der Waals surface area contributed by atoms with Crippen molar-refractivity contribution in [2.24, 2.45) is 0 Å². The number of rotatable bonds is 4. The van der Waals surface area contributed by atoms with Crippen molar-refractivity contribution in [2.75, 3.05) is 13.1 Å². The van der Waals surface area contributed by atoms with Crippen LogP contribution in [-0.2, 0) is 0 Å². The number of carbonyl (C=O) groups excluding carboxylic acids is 1. The van der Waals surface area contributed by atoms with E-state index in [4.69, 9.17) is 0 Å². The normalized spacial score (nSPS) is 15.3. The quantitative estimate of drug-likeness (QED) is 0.653. The molecular formula is C15H17N5O3. The topological polar surface area (TPSA) is 102 Å². The number of carbonyl (C=O) groups is 1. The molecule has 120 valence electrons. The first kappa shape index (κ1) is 15.2. The number of hydrogen-bond donors (Lipinski definition) is 2. The van der Waals surface area contributed by atoms with Crippen LogP contribution in [0.4, 0.5) is 5.69 Å². The lowest BCUT2D eigenvalue weighted by atomic mass is 10.1. The van der Waals surface area contributed by atoms with Gasteiger partial charge in [-0.3, -0.25) is 14.9 Å². The summed E-state index contributed by atoms with van der Waals surface area (Å²) < 4.78 is 1.36. The zero-order valence-electron chi connectivity index (χ0n) is 12.4. The monoisotopic (exact) mass is 315 g/mol. The Labute approximate surface area is 132 Å². The third-order valence-corrected chi connectivity index (χ3v) is 3.82. The Balaban J connectivity index is 1.78. The Hall–Kier alpha value is -2.74. The van der Waals surface area contributed by atoms with Crippen LogP contribution in [0, 0.1) is 10.1 Å². The molecule has 1 amide bonds. The van der Waals surface area contributed by atoms with Crippen LogP contribution >= 0.6 is 0 Å². The zero-order chi connectivity index (χ0) is 16.2. The van der Waals surface area contributed by atoms with Gasteiger partial charge in [0.25, 0.3) is 11.6 Å². The maximum Gasteiger partial charge on any atom is 0.294 e. The predicted octanol–water partition coefficient (Wildman–Crippen LogP) is 1.26. The lowest BCUT2D eigenvalue weighted by Crippen LogP contribution is -2.42. The van der Waals surface area contributed by atoms with Gasteiger partial charge in [0.1, 0.15) is 5.69 Å². The van der Waals surface area contributed by atoms with Crippen LogP contribution in [-0.4, -0.2) is 39.7 Å². The summed E-state index contributed by atoms with van der Waals surface area (Å²) in [6.07, 6.45) is 3.33. The first-order valence-corrected chi connectivity index (χ1v) is 7.46. The predicted molar refractivity (Wildman–Crippen MR) is 83.6 cm³/mol. The van der Waals surface area contributed by atoms with E-state index < -0.39 is 4.92 Å². The molecule has 0 atom stereocenters. The van der Waals surface area contributed by atoms with Crippen molar-refractivity contribution in [3.8, 4) is 5.69 Å². The minimum absolute atomic E-state index is 0.0547. The second-order valence-corrected chi connectivity index (χ2v) is 5.39. The summed E-state index contributed by atoms with van der Waals surface area (Å²) in [7, 11) is 0. The van der Waals surface area contributed by atoms with Gasteiger partial charge < -0.3 is 10.6 Å². The van der Waals surface area contributed by atoms with Gasteiger partial charge in [-0.2, -0.15) is 5.10 Å². The molecule has 1 aliphatic rings. The third kappa shape index (κ3) is 3.37. The van der Waals surface area contributed by atoms with Gasteiger partial charge in [-0.05, 0) is 38.1 Å². The molecule has 1 saturated heterocycles. The molecule has 0 aliphatic carbocycles. The highest BCUT2D eigenvalue weighted by Crippen LogP contribution is 2.21. The van der Waals surface area contributed by atoms with Gasteiger partial charge in [0, 0.05) is 18.3 Å². The highest BCUT2D eigenvalue weighted by Gasteiger charge is 2.20. The number of nitro benzene ring substituents is 1. The van der Waals surface area contributed by atoms with E-state index in [9.17, 15) is 14.9 Å². The van der Waals surface area contributed by atoms with Crippen LogP contribution in [0.3, 0.4) is 0 Å². The largest absolute Gasteiger partial charge is 0.348 e. The zero-order valence-corrected chi connectivity index (χ0v) is 12.4. The summed E-state index contributed by atoms with van der Waals surface area (Å²) in [4.78, 5) is 22.8. The summed E-state index contributed by atoms with van der Waals surface area (Å²) in [5.74, 6) is -0.255. The number of benzene rings is 1. The van der Waals surface area contributed by atoms with E-state index in [1.165, 1.54) is 10.7 Å². The molecular weight excluding hydrogens is 298 g/mol. The van der Waals surface area contributed by atoms with Gasteiger partial charge in [0.15, 0.2) is 5.69 Å². The van der Waals surface area contributed by atoms with Crippen molar-refractivity contribution in [3.63, 3.8) is 0 Å². The van der Waals surface area contributed by atoms with E-state index in [-0.39, 0.29) is 23.3 Å². The fourth-order valence-corrected chi connectivity index (χ4v) is 2.62. The van der Waals surface area contributed by atoms with Crippen molar-refractivity contribution in [3.05, 3.63) is 52.3 Å². The van der Waals surface area contributed by atoms with Crippen LogP contribution in [0.5, 0.6) is 0 Å². The second kappa shape index (κ2) is 6.57. The van der Waals surface area contributed by atoms with Crippen molar-refractivity contribution in [2.45, 2.75) is 18.9 Å². The van der Waals surface area contributed by atoms with E-state index in [0.29, 0.717) is 5.69 Å². The number of hydrogen-bond acceptors (Lipinski definition) is 5. The van der Waals surface area contributed by atoms with E-state index >= 15 is 0 Å². The molecule has 0 saturated carbocycles. The molecule has 0 spiro atoms. The van der Waals surface area contributed by atoms with Gasteiger partial charge >= 0.3 is 0 Å². The summed E-state index contributed by atoms with van der Waals surface area (Å²) in [6.45, 7) is 1.77. The minimum atomic E-state index is -0.466. The van der Waals surface area contributed by atoms with Crippen LogP contribution in [0.25, 0.3) is 5.69 Å². The van der Waals surface area contributed by atoms with Gasteiger partial charge in [-0.15, -0.1) is 0 Å². The van der Waals surface area contributed by atoms with Crippen molar-refractivity contribution >= 4 is 11.6 Å². The molecule has 23 heavy (non-hydrogen) atoms. The number of amides is 1. The summed E-state index contributed by atoms with van der Waals surface area (Å²) in [5, 5.41) is 21.4. The number of nitro groups is 1. The molecule has 1 fully saturated rings. The van der Waals surface area contributed by atoms with Gasteiger partial charge in [0.05, 0.1) is 4.92 Å². The van der Waals surface area contributed by atoms with Crippen LogP contribution in [0.2, 0.25) is 0 Å². The number of aromatic nitrogens is 2. The summed E-state index contributed by atoms with van der Waals surface area (Å²) in [6, 6.07) is 7.99. The maximum absolute atomic E-state index is 12.2. The summed E-state index contributed by atoms with van der Waals surface area (Å²) in [5.41, 5.74) is 0.529. The lowest BCUT2D eigenvalue weighted by molar-refractivity contribution is -0.384. The number of piperidine rings is 1. The van der Waals surface area contributed by atoms with E-state index in [2.05, 4.69) is 15.7 Å². The molecule has 8 heteroatoms. The van der Waals surface area contributed by atoms with Crippen molar-refractivity contribution in [1.29, 1.82) is 0 Å². The van der Waals surface area contributed by atoms with Gasteiger partial charge in [-0.1, -0.05) is 12.1 Å². The smallest absolute Gasteiger partial charge is 0.294 e. The molecule has 1 aromatic heterocycles. The fourth-order valence-electron chi connectivity index (χ4n) is 2.62. The second-order valence-electron chi connectivity index (χ2n) is 5.39. The van der Waals surface area contributed by atoms with Crippen LogP contribution in [0.1, 0.15) is 23.3 Å². The fraction of sp³-hybridized carbons (Fsp3) is 0.333. The number of para-hydroxylation sites is 2. The van der Waals surface area contributed by atoms with E-state index in [0.717, 1.165) is 25.9 Å². The molecule has 0 unspecified atom stereocenters. The Morgan fingerprint density at radius 2 is 2.04 bits per heavy atom. The van der Waals surface area contributed by atoms with E-state index in [1.807, 2.05) is 0 Å². The average molecular weight is 315 g/mol. The minimum Gasteiger partial charge on any atom is -0.348 e. The Morgan fingerprint density at radius 1 is 1.30 bits per heavy atom. The Kier molecular flexibility index (Phi) is 4.33. The molecule has 2 N–H and O–H groups in total. The van der Waals surface area contributed by atoms with Crippen LogP contribution in [0.15, 0.2) is 36.5 Å². The average Bonchev–Trinajstić information content (AvgIpc) is 3.06. The van der Waals surface area contributed by atoms with Crippen molar-refractivity contribution in [1.82, 2.24) is 20.4 Å². The summed E-state index contributed by atoms with van der Waals surface area (Å²) >= 11 is 0. The molecule has 3 rings (SSSR count). The number of nitrogens with zero attached hydrogens (tertiary/aromatic N) is 3. The van der Waals surface area contributed by atoms with Gasteiger partial charge in [0.2, 0.25) is 0 Å². The first-order valence-electron chi connectivity index (χ1n) is 7.46. The third-order valence-electron chi connectivity index (χ3n) is 3.82. The van der Waals surface area contributed by atoms with Gasteiger partial charge in [-0.25, -0.2) is 4.68 Å².